The maximum Gasteiger partial charge on any atom is 0.332 e. The number of nitrogens with zero attached hydrogens (tertiary/aromatic N) is 6. The highest BCUT2D eigenvalue weighted by atomic mass is 35.5. The Hall–Kier alpha value is -2.87. The predicted octanol–water partition coefficient (Wildman–Crippen LogP) is 1.99. The minimum Gasteiger partial charge on any atom is -0.294 e. The molecule has 0 N–H and O–H groups in total. The summed E-state index contributed by atoms with van der Waals surface area (Å²) in [4.78, 5) is 30.7. The first kappa shape index (κ1) is 17.5. The van der Waals surface area contributed by atoms with Crippen molar-refractivity contribution in [1.82, 2.24) is 18.7 Å². The van der Waals surface area contributed by atoms with Gasteiger partial charge in [0, 0.05) is 19.1 Å². The number of anilines is 1. The third kappa shape index (κ3) is 2.51. The van der Waals surface area contributed by atoms with Crippen molar-refractivity contribution in [3.05, 3.63) is 55.7 Å². The molecule has 2 aromatic heterocycles. The van der Waals surface area contributed by atoms with Crippen LogP contribution in [-0.2, 0) is 13.6 Å². The van der Waals surface area contributed by atoms with Crippen LogP contribution in [0, 0.1) is 0 Å². The molecule has 27 heavy (non-hydrogen) atoms. The zero-order valence-electron chi connectivity index (χ0n) is 15.5. The lowest BCUT2D eigenvalue weighted by atomic mass is 10.2. The number of imidazole rings is 1. The van der Waals surface area contributed by atoms with Crippen molar-refractivity contribution in [2.24, 2.45) is 12.1 Å². The lowest BCUT2D eigenvalue weighted by Gasteiger charge is -2.26. The van der Waals surface area contributed by atoms with Crippen LogP contribution in [0.5, 0.6) is 0 Å². The molecule has 3 aromatic rings. The molecule has 1 aromatic carbocycles. The molecule has 8 nitrogen and oxygen atoms in total. The Bertz CT molecular complexity index is 1220. The Labute approximate surface area is 159 Å². The van der Waals surface area contributed by atoms with Gasteiger partial charge in [-0.3, -0.25) is 18.5 Å². The van der Waals surface area contributed by atoms with Crippen molar-refractivity contribution in [2.45, 2.75) is 26.4 Å². The molecule has 0 unspecified atom stereocenters. The van der Waals surface area contributed by atoms with Crippen LogP contribution < -0.4 is 16.3 Å². The third-order valence-electron chi connectivity index (χ3n) is 5.03. The van der Waals surface area contributed by atoms with E-state index < -0.39 is 5.69 Å². The first-order valence-electron chi connectivity index (χ1n) is 8.55. The molecule has 0 spiro atoms. The number of aromatic nitrogens is 4. The van der Waals surface area contributed by atoms with Gasteiger partial charge in [0.1, 0.15) is 0 Å². The fraction of sp³-hybridized carbons (Fsp3) is 0.333. The van der Waals surface area contributed by atoms with Crippen molar-refractivity contribution in [2.75, 3.05) is 12.1 Å². The Morgan fingerprint density at radius 3 is 2.59 bits per heavy atom. The first-order chi connectivity index (χ1) is 12.8. The van der Waals surface area contributed by atoms with Crippen LogP contribution in [0.1, 0.15) is 25.5 Å². The van der Waals surface area contributed by atoms with Crippen LogP contribution in [0.2, 0.25) is 5.02 Å². The molecule has 0 saturated heterocycles. The molecule has 140 valence electrons. The molecule has 1 aliphatic heterocycles. The van der Waals surface area contributed by atoms with Crippen LogP contribution >= 0.6 is 11.6 Å². The summed E-state index contributed by atoms with van der Waals surface area (Å²) >= 11 is 6.23. The summed E-state index contributed by atoms with van der Waals surface area (Å²) in [5, 5.41) is 6.57. The average Bonchev–Trinajstić information content (AvgIpc) is 3.04. The van der Waals surface area contributed by atoms with E-state index in [9.17, 15) is 9.59 Å². The summed E-state index contributed by atoms with van der Waals surface area (Å²) in [6.07, 6.45) is 0. The minimum atomic E-state index is -0.434. The molecular weight excluding hydrogens is 368 g/mol. The van der Waals surface area contributed by atoms with Gasteiger partial charge < -0.3 is 0 Å². The zero-order chi connectivity index (χ0) is 19.5. The topological polar surface area (TPSA) is 77.4 Å². The molecule has 1 atom stereocenters. The van der Waals surface area contributed by atoms with E-state index >= 15 is 0 Å². The van der Waals surface area contributed by atoms with Gasteiger partial charge in [0.05, 0.1) is 18.3 Å². The van der Waals surface area contributed by atoms with Crippen molar-refractivity contribution >= 4 is 34.4 Å². The number of fused-ring (bicyclic) bond motifs is 3. The number of hydrazone groups is 1. The lowest BCUT2D eigenvalue weighted by molar-refractivity contribution is 0.638. The molecule has 0 saturated carbocycles. The molecule has 9 heteroatoms. The van der Waals surface area contributed by atoms with Gasteiger partial charge in [0.2, 0.25) is 5.95 Å². The smallest absolute Gasteiger partial charge is 0.294 e. The van der Waals surface area contributed by atoms with Crippen molar-refractivity contribution in [1.29, 1.82) is 0 Å². The fourth-order valence-corrected chi connectivity index (χ4v) is 3.61. The summed E-state index contributed by atoms with van der Waals surface area (Å²) in [6.45, 7) is 3.96. The largest absolute Gasteiger partial charge is 0.332 e. The summed E-state index contributed by atoms with van der Waals surface area (Å²) in [5.74, 6) is 0.533. The quantitative estimate of drug-likeness (QED) is 0.674. The molecule has 0 fully saturated rings. The minimum absolute atomic E-state index is 0.0962. The molecule has 0 aliphatic carbocycles. The number of hydrogen-bond acceptors (Lipinski definition) is 5. The van der Waals surface area contributed by atoms with Crippen LogP contribution in [-0.4, -0.2) is 31.4 Å². The van der Waals surface area contributed by atoms with Gasteiger partial charge in [0.25, 0.3) is 5.56 Å². The summed E-state index contributed by atoms with van der Waals surface area (Å²) in [5.41, 5.74) is 1.47. The number of halogens is 1. The van der Waals surface area contributed by atoms with Gasteiger partial charge in [-0.15, -0.1) is 0 Å². The predicted molar refractivity (Wildman–Crippen MR) is 106 cm³/mol. The number of benzene rings is 1. The molecule has 0 bridgehead atoms. The maximum atomic E-state index is 13.3. The average molecular weight is 387 g/mol. The summed E-state index contributed by atoms with van der Waals surface area (Å²) < 4.78 is 4.43. The second-order valence-electron chi connectivity index (χ2n) is 6.72. The monoisotopic (exact) mass is 386 g/mol. The van der Waals surface area contributed by atoms with Crippen LogP contribution in [0.25, 0.3) is 11.2 Å². The van der Waals surface area contributed by atoms with Gasteiger partial charge in [-0.25, -0.2) is 9.80 Å². The van der Waals surface area contributed by atoms with E-state index in [0.717, 1.165) is 5.71 Å². The van der Waals surface area contributed by atoms with E-state index in [1.807, 2.05) is 30.5 Å². The number of aryl methyl sites for hydroxylation is 1. The van der Waals surface area contributed by atoms with E-state index in [-0.39, 0.29) is 18.1 Å². The molecule has 0 amide bonds. The maximum absolute atomic E-state index is 13.3. The zero-order valence-corrected chi connectivity index (χ0v) is 16.2. The Morgan fingerprint density at radius 2 is 1.89 bits per heavy atom. The highest BCUT2D eigenvalue weighted by molar-refractivity contribution is 6.31. The summed E-state index contributed by atoms with van der Waals surface area (Å²) in [7, 11) is 3.39. The lowest BCUT2D eigenvalue weighted by Crippen LogP contribution is -2.40. The second-order valence-corrected chi connectivity index (χ2v) is 7.13. The number of rotatable bonds is 2. The molecular formula is C18H19ClN6O2. The Kier molecular flexibility index (Phi) is 3.96. The van der Waals surface area contributed by atoms with E-state index in [0.29, 0.717) is 27.7 Å². The molecule has 1 aliphatic rings. The molecule has 0 radical (unpaired) electrons. The van der Waals surface area contributed by atoms with Gasteiger partial charge in [0.15, 0.2) is 11.2 Å². The number of hydrogen-bond donors (Lipinski definition) is 0. The Morgan fingerprint density at radius 1 is 1.19 bits per heavy atom. The Balaban J connectivity index is 2.03. The van der Waals surface area contributed by atoms with Gasteiger partial charge >= 0.3 is 5.69 Å². The van der Waals surface area contributed by atoms with Crippen LogP contribution in [0.15, 0.2) is 39.0 Å². The van der Waals surface area contributed by atoms with Crippen LogP contribution in [0.4, 0.5) is 5.95 Å². The van der Waals surface area contributed by atoms with E-state index in [2.05, 4.69) is 10.1 Å². The third-order valence-corrected chi connectivity index (χ3v) is 5.40. The van der Waals surface area contributed by atoms with Crippen LogP contribution in [0.3, 0.4) is 0 Å². The van der Waals surface area contributed by atoms with Gasteiger partial charge in [-0.1, -0.05) is 29.8 Å². The summed E-state index contributed by atoms with van der Waals surface area (Å²) in [6, 6.07) is 7.04. The highest BCUT2D eigenvalue weighted by Crippen LogP contribution is 2.28. The van der Waals surface area contributed by atoms with E-state index in [1.165, 1.54) is 9.13 Å². The highest BCUT2D eigenvalue weighted by Gasteiger charge is 2.29. The first-order valence-corrected chi connectivity index (χ1v) is 8.93. The van der Waals surface area contributed by atoms with Crippen molar-refractivity contribution in [3.8, 4) is 0 Å². The van der Waals surface area contributed by atoms with Crippen molar-refractivity contribution in [3.63, 3.8) is 0 Å². The van der Waals surface area contributed by atoms with Gasteiger partial charge in [-0.05, 0) is 25.5 Å². The fourth-order valence-electron chi connectivity index (χ4n) is 3.41. The second kappa shape index (κ2) is 6.09. The van der Waals surface area contributed by atoms with Crippen molar-refractivity contribution < 1.29 is 0 Å². The van der Waals surface area contributed by atoms with Gasteiger partial charge in [-0.2, -0.15) is 10.1 Å². The molecule has 4 rings (SSSR count). The standard InChI is InChI=1S/C18H19ClN6O2/c1-10-11(2)25-14-15(20-17(25)23(4)21-10)22(3)18(27)24(16(14)26)9-12-7-5-6-8-13(12)19/h5-8,11H,9H2,1-4H3/t11-/m1/s1. The normalized spacial score (nSPS) is 16.6. The SMILES string of the molecule is CC1=NN(C)c2nc3c(c(=O)n(Cc4ccccc4Cl)c(=O)n3C)n2[C@@H]1C. The van der Waals surface area contributed by atoms with E-state index in [1.54, 1.807) is 31.2 Å². The van der Waals surface area contributed by atoms with E-state index in [4.69, 9.17) is 11.6 Å². The molecule has 3 heterocycles.